The van der Waals surface area contributed by atoms with Crippen molar-refractivity contribution in [2.75, 3.05) is 12.3 Å². The van der Waals surface area contributed by atoms with Crippen LogP contribution in [-0.4, -0.2) is 44.3 Å². The molecule has 0 bridgehead atoms. The zero-order chi connectivity index (χ0) is 13.8. The highest BCUT2D eigenvalue weighted by atomic mass is 32.2. The molecule has 1 amide bonds. The van der Waals surface area contributed by atoms with Crippen molar-refractivity contribution in [2.45, 2.75) is 57.1 Å². The molecule has 1 aromatic rings. The van der Waals surface area contributed by atoms with Crippen LogP contribution in [0.15, 0.2) is 5.16 Å². The molecule has 1 saturated heterocycles. The van der Waals surface area contributed by atoms with E-state index in [2.05, 4.69) is 36.0 Å². The van der Waals surface area contributed by atoms with Gasteiger partial charge in [0.1, 0.15) is 5.82 Å². The summed E-state index contributed by atoms with van der Waals surface area (Å²) in [5.41, 5.74) is 0. The Bertz CT molecular complexity index is 432. The predicted molar refractivity (Wildman–Crippen MR) is 76.2 cm³/mol. The fourth-order valence-electron chi connectivity index (χ4n) is 2.26. The third-order valence-corrected chi connectivity index (χ3v) is 4.31. The second kappa shape index (κ2) is 6.41. The summed E-state index contributed by atoms with van der Waals surface area (Å²) in [6.45, 7) is 7.15. The van der Waals surface area contributed by atoms with Crippen LogP contribution in [-0.2, 0) is 4.79 Å². The van der Waals surface area contributed by atoms with Crippen molar-refractivity contribution >= 4 is 17.7 Å². The van der Waals surface area contributed by atoms with Gasteiger partial charge >= 0.3 is 0 Å². The van der Waals surface area contributed by atoms with E-state index in [0.29, 0.717) is 22.9 Å². The third kappa shape index (κ3) is 3.72. The van der Waals surface area contributed by atoms with E-state index in [0.717, 1.165) is 25.2 Å². The van der Waals surface area contributed by atoms with Crippen LogP contribution in [0.3, 0.4) is 0 Å². The highest BCUT2D eigenvalue weighted by Crippen LogP contribution is 2.20. The average Bonchev–Trinajstić information content (AvgIpc) is 2.85. The van der Waals surface area contributed by atoms with Crippen LogP contribution in [0.25, 0.3) is 0 Å². The molecule has 1 fully saturated rings. The van der Waals surface area contributed by atoms with Crippen LogP contribution in [0.1, 0.15) is 51.8 Å². The minimum Gasteiger partial charge on any atom is -0.339 e. The Hall–Kier alpha value is -1.04. The monoisotopic (exact) mass is 282 g/mol. The van der Waals surface area contributed by atoms with Crippen LogP contribution in [0.5, 0.6) is 0 Å². The molecule has 0 aromatic carbocycles. The third-order valence-electron chi connectivity index (χ3n) is 3.48. The summed E-state index contributed by atoms with van der Waals surface area (Å²) in [5, 5.41) is 7.71. The van der Waals surface area contributed by atoms with E-state index in [1.54, 1.807) is 0 Å². The molecule has 2 heterocycles. The summed E-state index contributed by atoms with van der Waals surface area (Å²) in [4.78, 5) is 18.5. The van der Waals surface area contributed by atoms with E-state index in [1.165, 1.54) is 18.2 Å². The van der Waals surface area contributed by atoms with Gasteiger partial charge in [-0.1, -0.05) is 25.6 Å². The van der Waals surface area contributed by atoms with Gasteiger partial charge in [-0.2, -0.15) is 0 Å². The van der Waals surface area contributed by atoms with E-state index in [9.17, 15) is 4.79 Å². The maximum Gasteiger partial charge on any atom is 0.233 e. The van der Waals surface area contributed by atoms with Gasteiger partial charge in [0, 0.05) is 18.5 Å². The van der Waals surface area contributed by atoms with Gasteiger partial charge in [-0.3, -0.25) is 9.89 Å². The number of aromatic nitrogens is 3. The molecule has 1 aliphatic rings. The van der Waals surface area contributed by atoms with Gasteiger partial charge in [0.05, 0.1) is 5.75 Å². The zero-order valence-corrected chi connectivity index (χ0v) is 12.7. The quantitative estimate of drug-likeness (QED) is 0.862. The number of hydrogen-bond donors (Lipinski definition) is 1. The van der Waals surface area contributed by atoms with Crippen molar-refractivity contribution in [1.82, 2.24) is 20.1 Å². The Morgan fingerprint density at radius 3 is 2.95 bits per heavy atom. The fraction of sp³-hybridized carbons (Fsp3) is 0.769. The maximum atomic E-state index is 12.2. The lowest BCUT2D eigenvalue weighted by Crippen LogP contribution is -2.42. The van der Waals surface area contributed by atoms with Gasteiger partial charge < -0.3 is 4.90 Å². The zero-order valence-electron chi connectivity index (χ0n) is 11.8. The van der Waals surface area contributed by atoms with E-state index in [1.807, 2.05) is 4.90 Å². The SMILES string of the molecule is CC(C)c1nc(SCC(=O)N2CCCC[C@@H]2C)n[nH]1. The molecule has 1 N–H and O–H groups in total. The molecule has 1 aliphatic heterocycles. The van der Waals surface area contributed by atoms with Gasteiger partial charge in [0.25, 0.3) is 0 Å². The number of rotatable bonds is 4. The largest absolute Gasteiger partial charge is 0.339 e. The highest BCUT2D eigenvalue weighted by Gasteiger charge is 2.23. The van der Waals surface area contributed by atoms with Crippen molar-refractivity contribution in [3.05, 3.63) is 5.82 Å². The predicted octanol–water partition coefficient (Wildman–Crippen LogP) is 2.42. The van der Waals surface area contributed by atoms with Crippen molar-refractivity contribution in [2.24, 2.45) is 0 Å². The minimum absolute atomic E-state index is 0.202. The van der Waals surface area contributed by atoms with Crippen molar-refractivity contribution in [1.29, 1.82) is 0 Å². The molecule has 1 aromatic heterocycles. The molecule has 0 radical (unpaired) electrons. The number of carbonyl (C=O) groups excluding carboxylic acids is 1. The Labute approximate surface area is 118 Å². The molecule has 2 rings (SSSR count). The summed E-state index contributed by atoms with van der Waals surface area (Å²) >= 11 is 1.42. The first-order valence-electron chi connectivity index (χ1n) is 6.92. The van der Waals surface area contributed by atoms with Crippen molar-refractivity contribution in [3.8, 4) is 0 Å². The first kappa shape index (κ1) is 14.4. The standard InChI is InChI=1S/C13H22N4OS/c1-9(2)12-14-13(16-15-12)19-8-11(18)17-7-5-4-6-10(17)3/h9-10H,4-8H2,1-3H3,(H,14,15,16)/t10-/m0/s1. The topological polar surface area (TPSA) is 61.9 Å². The van der Waals surface area contributed by atoms with Gasteiger partial charge in [-0.15, -0.1) is 5.10 Å². The van der Waals surface area contributed by atoms with E-state index >= 15 is 0 Å². The summed E-state index contributed by atoms with van der Waals surface area (Å²) in [6, 6.07) is 0.375. The molecule has 0 saturated carbocycles. The van der Waals surface area contributed by atoms with Crippen LogP contribution < -0.4 is 0 Å². The average molecular weight is 282 g/mol. The lowest BCUT2D eigenvalue weighted by atomic mass is 10.0. The number of piperidine rings is 1. The molecule has 1 atom stereocenters. The molecule has 5 nitrogen and oxygen atoms in total. The molecule has 0 unspecified atom stereocenters. The summed E-state index contributed by atoms with van der Waals surface area (Å²) in [6.07, 6.45) is 3.48. The van der Waals surface area contributed by atoms with Crippen LogP contribution >= 0.6 is 11.8 Å². The highest BCUT2D eigenvalue weighted by molar-refractivity contribution is 7.99. The molecular formula is C13H22N4OS. The van der Waals surface area contributed by atoms with Crippen LogP contribution in [0.4, 0.5) is 0 Å². The smallest absolute Gasteiger partial charge is 0.233 e. The van der Waals surface area contributed by atoms with Gasteiger partial charge in [0.15, 0.2) is 0 Å². The Kier molecular flexibility index (Phi) is 4.85. The summed E-state index contributed by atoms with van der Waals surface area (Å²) in [5.74, 6) is 1.84. The molecule has 6 heteroatoms. The van der Waals surface area contributed by atoms with E-state index in [-0.39, 0.29) is 5.91 Å². The molecular weight excluding hydrogens is 260 g/mol. The first-order chi connectivity index (χ1) is 9.08. The van der Waals surface area contributed by atoms with Crippen LogP contribution in [0, 0.1) is 0 Å². The number of thioether (sulfide) groups is 1. The molecule has 0 spiro atoms. The van der Waals surface area contributed by atoms with E-state index in [4.69, 9.17) is 0 Å². The molecule has 0 aliphatic carbocycles. The number of aromatic amines is 1. The normalized spacial score (nSPS) is 20.0. The number of nitrogens with one attached hydrogen (secondary N) is 1. The number of nitrogens with zero attached hydrogens (tertiary/aromatic N) is 3. The Balaban J connectivity index is 1.85. The number of hydrogen-bond acceptors (Lipinski definition) is 4. The lowest BCUT2D eigenvalue weighted by Gasteiger charge is -2.33. The first-order valence-corrected chi connectivity index (χ1v) is 7.91. The van der Waals surface area contributed by atoms with Crippen LogP contribution in [0.2, 0.25) is 0 Å². The number of likely N-dealkylation sites (tertiary alicyclic amines) is 1. The minimum atomic E-state index is 0.202. The maximum absolute atomic E-state index is 12.2. The molecule has 19 heavy (non-hydrogen) atoms. The van der Waals surface area contributed by atoms with Crippen molar-refractivity contribution < 1.29 is 4.79 Å². The number of amides is 1. The second-order valence-corrected chi connectivity index (χ2v) is 6.32. The van der Waals surface area contributed by atoms with Gasteiger partial charge in [0.2, 0.25) is 11.1 Å². The second-order valence-electron chi connectivity index (χ2n) is 5.38. The summed E-state index contributed by atoms with van der Waals surface area (Å²) in [7, 11) is 0. The Morgan fingerprint density at radius 2 is 2.32 bits per heavy atom. The summed E-state index contributed by atoms with van der Waals surface area (Å²) < 4.78 is 0. The molecule has 106 valence electrons. The lowest BCUT2D eigenvalue weighted by molar-refractivity contribution is -0.131. The Morgan fingerprint density at radius 1 is 1.53 bits per heavy atom. The van der Waals surface area contributed by atoms with Gasteiger partial charge in [-0.25, -0.2) is 4.98 Å². The fourth-order valence-corrected chi connectivity index (χ4v) is 2.95. The van der Waals surface area contributed by atoms with E-state index < -0.39 is 0 Å². The van der Waals surface area contributed by atoms with Crippen molar-refractivity contribution in [3.63, 3.8) is 0 Å². The van der Waals surface area contributed by atoms with Gasteiger partial charge in [-0.05, 0) is 26.2 Å². The number of H-pyrrole nitrogens is 1. The number of carbonyl (C=O) groups is 1.